The highest BCUT2D eigenvalue weighted by Gasteiger charge is 2.47. The van der Waals surface area contributed by atoms with Crippen LogP contribution in [0.1, 0.15) is 87.6 Å². The first-order valence-electron chi connectivity index (χ1n) is 14.7. The van der Waals surface area contributed by atoms with E-state index >= 15 is 0 Å². The van der Waals surface area contributed by atoms with Gasteiger partial charge in [0.15, 0.2) is 12.2 Å². The third-order valence-electron chi connectivity index (χ3n) is 8.58. The maximum atomic E-state index is 13.1. The number of fused-ring (bicyclic) bond motifs is 5. The summed E-state index contributed by atoms with van der Waals surface area (Å²) in [5, 5.41) is 0. The van der Waals surface area contributed by atoms with Crippen LogP contribution in [-0.4, -0.2) is 67.7 Å². The lowest BCUT2D eigenvalue weighted by atomic mass is 9.73. The number of rotatable bonds is 9. The van der Waals surface area contributed by atoms with E-state index in [4.69, 9.17) is 42.6 Å². The van der Waals surface area contributed by atoms with E-state index < -0.39 is 42.3 Å². The minimum Gasteiger partial charge on any atom is -0.497 e. The van der Waals surface area contributed by atoms with Gasteiger partial charge < -0.3 is 42.6 Å². The highest BCUT2D eigenvalue weighted by molar-refractivity contribution is 5.99. The van der Waals surface area contributed by atoms with Crippen molar-refractivity contribution in [2.24, 2.45) is 0 Å². The number of aryl methyl sites for hydroxylation is 1. The molecule has 5 rings (SSSR count). The molecule has 0 aromatic heterocycles. The molecule has 0 bridgehead atoms. The van der Waals surface area contributed by atoms with Gasteiger partial charge in [0.05, 0.1) is 35.5 Å². The minimum atomic E-state index is -1.16. The zero-order valence-corrected chi connectivity index (χ0v) is 28.0. The van der Waals surface area contributed by atoms with Crippen LogP contribution in [0, 0.1) is 6.92 Å². The summed E-state index contributed by atoms with van der Waals surface area (Å²) in [5.74, 6) is -0.325. The molecule has 0 spiro atoms. The van der Waals surface area contributed by atoms with Crippen molar-refractivity contribution in [2.75, 3.05) is 49.8 Å². The summed E-state index contributed by atoms with van der Waals surface area (Å²) in [6.07, 6.45) is -3.72. The second-order valence-electron chi connectivity index (χ2n) is 11.1. The van der Waals surface area contributed by atoms with Gasteiger partial charge in [0.25, 0.3) is 0 Å². The second-order valence-corrected chi connectivity index (χ2v) is 11.1. The van der Waals surface area contributed by atoms with Crippen molar-refractivity contribution in [3.8, 4) is 34.1 Å². The van der Waals surface area contributed by atoms with Crippen molar-refractivity contribution < 1.29 is 57.0 Å². The molecule has 12 nitrogen and oxygen atoms in total. The average Bonchev–Trinajstić information content (AvgIpc) is 3.05. The Balaban J connectivity index is 2.00. The highest BCUT2D eigenvalue weighted by Crippen LogP contribution is 2.60. The molecule has 0 N–H and O–H groups in total. The molecule has 0 saturated heterocycles. The van der Waals surface area contributed by atoms with Crippen molar-refractivity contribution in [1.29, 1.82) is 0 Å². The van der Waals surface area contributed by atoms with Crippen LogP contribution in [0.5, 0.6) is 23.0 Å². The van der Waals surface area contributed by atoms with E-state index in [0.29, 0.717) is 61.8 Å². The molecule has 0 heterocycles. The van der Waals surface area contributed by atoms with Gasteiger partial charge in [0.1, 0.15) is 40.8 Å². The molecule has 47 heavy (non-hydrogen) atoms. The van der Waals surface area contributed by atoms with Gasteiger partial charge in [-0.2, -0.15) is 0 Å². The molecule has 0 radical (unpaired) electrons. The summed E-state index contributed by atoms with van der Waals surface area (Å²) < 4.78 is 52.8. The first-order chi connectivity index (χ1) is 22.5. The Morgan fingerprint density at radius 1 is 0.617 bits per heavy atom. The van der Waals surface area contributed by atoms with Crippen molar-refractivity contribution >= 4 is 17.9 Å². The molecule has 4 atom stereocenters. The molecule has 2 aliphatic carbocycles. The monoisotopic (exact) mass is 650 g/mol. The van der Waals surface area contributed by atoms with Crippen molar-refractivity contribution in [3.63, 3.8) is 0 Å². The van der Waals surface area contributed by atoms with E-state index in [1.54, 1.807) is 47.5 Å². The van der Waals surface area contributed by atoms with Gasteiger partial charge in [0.2, 0.25) is 0 Å². The van der Waals surface area contributed by atoms with Gasteiger partial charge in [-0.25, -0.2) is 4.79 Å². The standard InChI is InChI=1S/C35H38O12/c1-15-11-20-25(31(42-7)24(15)35(38)45-10)19-14-22-28(33(44-9)27(19)34(47-17(3)37)30(20)46-16(2)36)32(43-8)26-21(29(22)41-6)12-18(39-4)13-23(26)40-5/h11-14,29-30,32,34H,1-10H3/t29?,30-,32?,34-/m0/s1. The summed E-state index contributed by atoms with van der Waals surface area (Å²) in [6, 6.07) is 7.20. The van der Waals surface area contributed by atoms with Crippen LogP contribution in [-0.2, 0) is 33.3 Å². The largest absolute Gasteiger partial charge is 0.497 e. The first kappa shape index (κ1) is 33.6. The summed E-state index contributed by atoms with van der Waals surface area (Å²) in [7, 11) is 10.4. The number of ether oxygens (including phenoxy) is 9. The molecule has 3 aromatic carbocycles. The second kappa shape index (κ2) is 13.1. The van der Waals surface area contributed by atoms with Crippen LogP contribution in [0.15, 0.2) is 24.3 Å². The number of carbonyl (C=O) groups excluding carboxylic acids is 3. The van der Waals surface area contributed by atoms with E-state index in [2.05, 4.69) is 0 Å². The van der Waals surface area contributed by atoms with Crippen LogP contribution in [0.25, 0.3) is 11.1 Å². The highest BCUT2D eigenvalue weighted by atomic mass is 16.6. The van der Waals surface area contributed by atoms with Crippen LogP contribution >= 0.6 is 0 Å². The summed E-state index contributed by atoms with van der Waals surface area (Å²) in [6.45, 7) is 4.24. The molecule has 250 valence electrons. The number of benzene rings is 3. The van der Waals surface area contributed by atoms with Crippen LogP contribution < -0.4 is 18.9 Å². The molecule has 0 aliphatic heterocycles. The van der Waals surface area contributed by atoms with Crippen LogP contribution in [0.4, 0.5) is 0 Å². The van der Waals surface area contributed by atoms with Crippen molar-refractivity contribution in [1.82, 2.24) is 0 Å². The minimum absolute atomic E-state index is 0.182. The number of hydrogen-bond acceptors (Lipinski definition) is 12. The first-order valence-corrected chi connectivity index (χ1v) is 14.7. The normalized spacial score (nSPS) is 18.9. The number of hydrogen-bond donors (Lipinski definition) is 0. The van der Waals surface area contributed by atoms with Gasteiger partial charge in [-0.1, -0.05) is 6.07 Å². The molecule has 12 heteroatoms. The van der Waals surface area contributed by atoms with E-state index in [9.17, 15) is 14.4 Å². The summed E-state index contributed by atoms with van der Waals surface area (Å²) in [4.78, 5) is 38.4. The molecular formula is C35H38O12. The van der Waals surface area contributed by atoms with Crippen LogP contribution in [0.3, 0.4) is 0 Å². The fourth-order valence-corrected chi connectivity index (χ4v) is 6.91. The van der Waals surface area contributed by atoms with Gasteiger partial charge >= 0.3 is 17.9 Å². The Labute approximate surface area is 272 Å². The summed E-state index contributed by atoms with van der Waals surface area (Å²) in [5.41, 5.74) is 5.13. The Bertz CT molecular complexity index is 1760. The zero-order valence-electron chi connectivity index (χ0n) is 28.0. The lowest BCUT2D eigenvalue weighted by molar-refractivity contribution is -0.167. The summed E-state index contributed by atoms with van der Waals surface area (Å²) >= 11 is 0. The van der Waals surface area contributed by atoms with Crippen LogP contribution in [0.2, 0.25) is 0 Å². The Hall–Kier alpha value is -4.81. The van der Waals surface area contributed by atoms with E-state index in [1.807, 2.05) is 12.1 Å². The zero-order chi connectivity index (χ0) is 34.3. The lowest BCUT2D eigenvalue weighted by Gasteiger charge is -2.40. The molecule has 0 fully saturated rings. The molecule has 2 aliphatic rings. The molecule has 0 saturated carbocycles. The Kier molecular flexibility index (Phi) is 9.37. The predicted octanol–water partition coefficient (Wildman–Crippen LogP) is 5.49. The average molecular weight is 651 g/mol. The number of carbonyl (C=O) groups is 3. The third-order valence-corrected chi connectivity index (χ3v) is 8.58. The quantitative estimate of drug-likeness (QED) is 0.214. The molecule has 0 amide bonds. The van der Waals surface area contributed by atoms with E-state index in [-0.39, 0.29) is 11.3 Å². The lowest BCUT2D eigenvalue weighted by Crippen LogP contribution is -2.29. The molecule has 2 unspecified atom stereocenters. The maximum Gasteiger partial charge on any atom is 0.341 e. The topological polar surface area (TPSA) is 134 Å². The van der Waals surface area contributed by atoms with Gasteiger partial charge in [0, 0.05) is 62.0 Å². The van der Waals surface area contributed by atoms with Gasteiger partial charge in [-0.3, -0.25) is 9.59 Å². The van der Waals surface area contributed by atoms with Gasteiger partial charge in [-0.05, 0) is 41.3 Å². The fourth-order valence-electron chi connectivity index (χ4n) is 6.91. The third kappa shape index (κ3) is 5.31. The number of esters is 3. The molecular weight excluding hydrogens is 612 g/mol. The Morgan fingerprint density at radius 2 is 1.23 bits per heavy atom. The fraction of sp³-hybridized carbons (Fsp3) is 0.400. The van der Waals surface area contributed by atoms with Crippen molar-refractivity contribution in [2.45, 2.75) is 45.2 Å². The number of methoxy groups -OCH3 is 7. The predicted molar refractivity (Wildman–Crippen MR) is 167 cm³/mol. The SMILES string of the molecule is COC(=O)c1c(C)cc2c(c1OC)-c1cc3c(c(OC)c1[C@H](OC(C)=O)[C@H]2OC(C)=O)C(OC)c1c(OC)cc(OC)cc1C3OC. The van der Waals surface area contributed by atoms with Gasteiger partial charge in [-0.15, -0.1) is 0 Å². The van der Waals surface area contributed by atoms with E-state index in [1.165, 1.54) is 35.2 Å². The van der Waals surface area contributed by atoms with E-state index in [0.717, 1.165) is 5.56 Å². The maximum absolute atomic E-state index is 13.1. The molecule has 3 aromatic rings. The Morgan fingerprint density at radius 3 is 1.77 bits per heavy atom. The van der Waals surface area contributed by atoms with Crippen molar-refractivity contribution in [3.05, 3.63) is 68.8 Å². The smallest absolute Gasteiger partial charge is 0.341 e.